The average molecular weight is 472 g/mol. The number of amides is 1. The molecule has 0 saturated carbocycles. The van der Waals surface area contributed by atoms with Gasteiger partial charge in [0.05, 0.1) is 4.90 Å². The SMILES string of the molecule is C=C(C)CC1(S(=O)(=O)c2ccc(C)cc2)C(=O)N(Cc2ccccc2)CCC1C(OC)OC. The summed E-state index contributed by atoms with van der Waals surface area (Å²) in [4.78, 5) is 16.0. The molecule has 0 aliphatic carbocycles. The Balaban J connectivity index is 2.20. The van der Waals surface area contributed by atoms with E-state index in [0.717, 1.165) is 11.1 Å². The second kappa shape index (κ2) is 10.2. The lowest BCUT2D eigenvalue weighted by Gasteiger charge is -2.48. The number of nitrogens with zero attached hydrogens (tertiary/aromatic N) is 1. The van der Waals surface area contributed by atoms with Crippen LogP contribution in [0.2, 0.25) is 0 Å². The molecule has 178 valence electrons. The standard InChI is InChI=1S/C26H33NO5S/c1-19(2)17-26(33(29,30)22-13-11-20(3)12-14-22)23(24(31-4)32-5)15-16-27(25(26)28)18-21-9-7-6-8-10-21/h6-14,23-24H,1,15-18H2,2-5H3. The highest BCUT2D eigenvalue weighted by Crippen LogP contribution is 2.46. The van der Waals surface area contributed by atoms with Crippen molar-refractivity contribution in [1.29, 1.82) is 0 Å². The highest BCUT2D eigenvalue weighted by atomic mass is 32.2. The molecule has 6 nitrogen and oxygen atoms in total. The lowest BCUT2D eigenvalue weighted by molar-refractivity contribution is -0.170. The zero-order valence-corrected chi connectivity index (χ0v) is 20.6. The fourth-order valence-corrected chi connectivity index (χ4v) is 7.12. The van der Waals surface area contributed by atoms with Crippen molar-refractivity contribution in [3.63, 3.8) is 0 Å². The molecular formula is C26H33NO5S. The maximum Gasteiger partial charge on any atom is 0.245 e. The number of rotatable bonds is 9. The van der Waals surface area contributed by atoms with Crippen molar-refractivity contribution in [2.24, 2.45) is 5.92 Å². The number of aryl methyl sites for hydroxylation is 1. The normalized spacial score (nSPS) is 21.4. The van der Waals surface area contributed by atoms with Gasteiger partial charge in [0.2, 0.25) is 5.91 Å². The van der Waals surface area contributed by atoms with Crippen LogP contribution < -0.4 is 0 Å². The minimum atomic E-state index is -4.14. The van der Waals surface area contributed by atoms with E-state index in [1.165, 1.54) is 14.2 Å². The molecule has 1 aliphatic rings. The third-order valence-electron chi connectivity index (χ3n) is 6.34. The van der Waals surface area contributed by atoms with Gasteiger partial charge in [-0.2, -0.15) is 0 Å². The first kappa shape index (κ1) is 25.1. The number of piperidine rings is 1. The van der Waals surface area contributed by atoms with Gasteiger partial charge in [-0.1, -0.05) is 53.6 Å². The molecule has 0 N–H and O–H groups in total. The third kappa shape index (κ3) is 4.76. The highest BCUT2D eigenvalue weighted by Gasteiger charge is 2.62. The lowest BCUT2D eigenvalue weighted by atomic mass is 9.79. The summed E-state index contributed by atoms with van der Waals surface area (Å²) < 4.78 is 37.9. The molecule has 2 aromatic carbocycles. The quantitative estimate of drug-likeness (QED) is 0.406. The molecular weight excluding hydrogens is 438 g/mol. The third-order valence-corrected chi connectivity index (χ3v) is 8.82. The Morgan fingerprint density at radius 1 is 1.12 bits per heavy atom. The Hall–Kier alpha value is -2.48. The lowest BCUT2D eigenvalue weighted by Crippen LogP contribution is -2.65. The van der Waals surface area contributed by atoms with Crippen LogP contribution in [0.4, 0.5) is 0 Å². The Labute approximate surface area is 197 Å². The first-order valence-electron chi connectivity index (χ1n) is 11.0. The van der Waals surface area contributed by atoms with Gasteiger partial charge in [0.15, 0.2) is 20.9 Å². The smallest absolute Gasteiger partial charge is 0.245 e. The molecule has 1 aliphatic heterocycles. The van der Waals surface area contributed by atoms with Crippen LogP contribution in [0.15, 0.2) is 71.6 Å². The number of methoxy groups -OCH3 is 2. The van der Waals surface area contributed by atoms with Crippen LogP contribution >= 0.6 is 0 Å². The minimum Gasteiger partial charge on any atom is -0.356 e. The van der Waals surface area contributed by atoms with Crippen LogP contribution in [-0.4, -0.2) is 51.0 Å². The fraction of sp³-hybridized carbons (Fsp3) is 0.423. The summed E-state index contributed by atoms with van der Waals surface area (Å²) in [6.45, 7) is 8.37. The highest BCUT2D eigenvalue weighted by molar-refractivity contribution is 7.93. The molecule has 3 rings (SSSR count). The molecule has 1 amide bonds. The van der Waals surface area contributed by atoms with E-state index < -0.39 is 32.7 Å². The average Bonchev–Trinajstić information content (AvgIpc) is 2.79. The van der Waals surface area contributed by atoms with Gasteiger partial charge in [-0.3, -0.25) is 4.79 Å². The predicted molar refractivity (Wildman–Crippen MR) is 128 cm³/mol. The first-order chi connectivity index (χ1) is 15.7. The molecule has 7 heteroatoms. The summed E-state index contributed by atoms with van der Waals surface area (Å²) in [5, 5.41) is 0. The maximum atomic E-state index is 14.3. The van der Waals surface area contributed by atoms with E-state index >= 15 is 0 Å². The second-order valence-electron chi connectivity index (χ2n) is 8.79. The fourth-order valence-electron chi connectivity index (χ4n) is 4.78. The monoisotopic (exact) mass is 471 g/mol. The molecule has 1 fully saturated rings. The molecule has 0 radical (unpaired) electrons. The minimum absolute atomic E-state index is 0.0127. The van der Waals surface area contributed by atoms with Gasteiger partial charge in [0, 0.05) is 33.2 Å². The molecule has 33 heavy (non-hydrogen) atoms. The van der Waals surface area contributed by atoms with E-state index in [9.17, 15) is 13.2 Å². The van der Waals surface area contributed by atoms with Crippen molar-refractivity contribution in [3.05, 3.63) is 77.9 Å². The predicted octanol–water partition coefficient (Wildman–Crippen LogP) is 4.14. The van der Waals surface area contributed by atoms with Gasteiger partial charge in [0.25, 0.3) is 0 Å². The number of ether oxygens (including phenoxy) is 2. The first-order valence-corrected chi connectivity index (χ1v) is 12.5. The van der Waals surface area contributed by atoms with Crippen molar-refractivity contribution in [2.45, 2.75) is 49.2 Å². The number of carbonyl (C=O) groups is 1. The zero-order chi connectivity index (χ0) is 24.2. The van der Waals surface area contributed by atoms with E-state index in [1.54, 1.807) is 36.1 Å². The molecule has 2 unspecified atom stereocenters. The Kier molecular flexibility index (Phi) is 7.77. The Morgan fingerprint density at radius 2 is 1.73 bits per heavy atom. The second-order valence-corrected chi connectivity index (χ2v) is 11.0. The molecule has 1 heterocycles. The van der Waals surface area contributed by atoms with Crippen LogP contribution in [0.25, 0.3) is 0 Å². The largest absolute Gasteiger partial charge is 0.356 e. The number of hydrogen-bond acceptors (Lipinski definition) is 5. The number of allylic oxidation sites excluding steroid dienone is 1. The maximum absolute atomic E-state index is 14.3. The Bertz CT molecular complexity index is 1080. The molecule has 0 spiro atoms. The number of benzene rings is 2. The van der Waals surface area contributed by atoms with Crippen LogP contribution in [0, 0.1) is 12.8 Å². The molecule has 2 atom stereocenters. The van der Waals surface area contributed by atoms with Gasteiger partial charge < -0.3 is 14.4 Å². The Morgan fingerprint density at radius 3 is 2.27 bits per heavy atom. The number of hydrogen-bond donors (Lipinski definition) is 0. The van der Waals surface area contributed by atoms with Gasteiger partial charge in [-0.25, -0.2) is 8.42 Å². The van der Waals surface area contributed by atoms with Gasteiger partial charge in [-0.15, -0.1) is 6.58 Å². The molecule has 2 aromatic rings. The van der Waals surface area contributed by atoms with E-state index in [4.69, 9.17) is 9.47 Å². The molecule has 0 aromatic heterocycles. The van der Waals surface area contributed by atoms with E-state index in [1.807, 2.05) is 37.3 Å². The number of likely N-dealkylation sites (tertiary alicyclic amines) is 1. The summed E-state index contributed by atoms with van der Waals surface area (Å²) in [5.41, 5.74) is 2.49. The van der Waals surface area contributed by atoms with Crippen molar-refractivity contribution < 1.29 is 22.7 Å². The summed E-state index contributed by atoms with van der Waals surface area (Å²) >= 11 is 0. The number of carbonyl (C=O) groups excluding carboxylic acids is 1. The van der Waals surface area contributed by atoms with Crippen molar-refractivity contribution in [1.82, 2.24) is 4.90 Å². The zero-order valence-electron chi connectivity index (χ0n) is 19.8. The number of sulfone groups is 1. The van der Waals surface area contributed by atoms with Gasteiger partial charge >= 0.3 is 0 Å². The van der Waals surface area contributed by atoms with Gasteiger partial charge in [-0.05, 0) is 44.4 Å². The molecule has 0 bridgehead atoms. The van der Waals surface area contributed by atoms with Crippen molar-refractivity contribution >= 4 is 15.7 Å². The van der Waals surface area contributed by atoms with Crippen LogP contribution in [-0.2, 0) is 30.7 Å². The van der Waals surface area contributed by atoms with Gasteiger partial charge in [0.1, 0.15) is 0 Å². The molecule has 1 saturated heterocycles. The van der Waals surface area contributed by atoms with Crippen LogP contribution in [0.1, 0.15) is 30.9 Å². The van der Waals surface area contributed by atoms with Crippen molar-refractivity contribution in [3.8, 4) is 0 Å². The van der Waals surface area contributed by atoms with Crippen LogP contribution in [0.5, 0.6) is 0 Å². The summed E-state index contributed by atoms with van der Waals surface area (Å²) in [6.07, 6.45) is -0.447. The van der Waals surface area contributed by atoms with Crippen LogP contribution in [0.3, 0.4) is 0 Å². The topological polar surface area (TPSA) is 72.9 Å². The summed E-state index contributed by atoms with van der Waals surface area (Å²) in [5.74, 6) is -1.14. The van der Waals surface area contributed by atoms with E-state index in [-0.39, 0.29) is 11.3 Å². The van der Waals surface area contributed by atoms with E-state index in [2.05, 4.69) is 6.58 Å². The van der Waals surface area contributed by atoms with Crippen molar-refractivity contribution in [2.75, 3.05) is 20.8 Å². The van der Waals surface area contributed by atoms with E-state index in [0.29, 0.717) is 25.1 Å². The summed E-state index contributed by atoms with van der Waals surface area (Å²) in [6, 6.07) is 16.2. The summed E-state index contributed by atoms with van der Waals surface area (Å²) in [7, 11) is -1.19.